The first-order valence-electron chi connectivity index (χ1n) is 9.08. The quantitative estimate of drug-likeness (QED) is 0.864. The smallest absolute Gasteiger partial charge is 0.173 e. The molecule has 0 amide bonds. The van der Waals surface area contributed by atoms with Gasteiger partial charge in [0.15, 0.2) is 5.82 Å². The minimum atomic E-state index is 0.104. The highest BCUT2D eigenvalue weighted by atomic mass is 16.5. The summed E-state index contributed by atoms with van der Waals surface area (Å²) < 4.78 is 7.65. The molecule has 6 heteroatoms. The molecule has 24 heavy (non-hydrogen) atoms. The van der Waals surface area contributed by atoms with Gasteiger partial charge in [-0.05, 0) is 28.8 Å². The molecule has 1 atom stereocenters. The molecule has 1 saturated carbocycles. The lowest BCUT2D eigenvalue weighted by atomic mass is 9.95. The summed E-state index contributed by atoms with van der Waals surface area (Å²) in [5, 5.41) is 12.9. The van der Waals surface area contributed by atoms with Crippen molar-refractivity contribution in [3.63, 3.8) is 0 Å². The van der Waals surface area contributed by atoms with Gasteiger partial charge in [0.25, 0.3) is 0 Å². The fraction of sp³-hybridized carbons (Fsp3) is 0.611. The zero-order chi connectivity index (χ0) is 16.2. The summed E-state index contributed by atoms with van der Waals surface area (Å²) in [5.41, 5.74) is 1.26. The molecule has 1 aliphatic carbocycles. The Labute approximate surface area is 142 Å². The van der Waals surface area contributed by atoms with E-state index in [1.807, 2.05) is 0 Å². The molecule has 0 spiro atoms. The number of tetrazole rings is 1. The van der Waals surface area contributed by atoms with Crippen molar-refractivity contribution in [2.75, 3.05) is 26.3 Å². The Morgan fingerprint density at radius 3 is 2.50 bits per heavy atom. The summed E-state index contributed by atoms with van der Waals surface area (Å²) in [7, 11) is 0. The lowest BCUT2D eigenvalue weighted by Crippen LogP contribution is -2.41. The molecule has 2 aromatic rings. The molecular formula is C18H25N5O. The van der Waals surface area contributed by atoms with Gasteiger partial charge in [-0.3, -0.25) is 4.90 Å². The Bertz CT molecular complexity index is 632. The van der Waals surface area contributed by atoms with Gasteiger partial charge in [-0.25, -0.2) is 4.68 Å². The van der Waals surface area contributed by atoms with Crippen molar-refractivity contribution >= 4 is 0 Å². The van der Waals surface area contributed by atoms with E-state index in [4.69, 9.17) is 4.74 Å². The lowest BCUT2D eigenvalue weighted by molar-refractivity contribution is 0.0211. The van der Waals surface area contributed by atoms with Crippen molar-refractivity contribution in [1.29, 1.82) is 0 Å². The Hall–Kier alpha value is -1.79. The third kappa shape index (κ3) is 3.21. The minimum Gasteiger partial charge on any atom is -0.379 e. The number of ether oxygens (including phenoxy) is 1. The number of aromatic nitrogens is 4. The van der Waals surface area contributed by atoms with Gasteiger partial charge in [0.05, 0.1) is 25.3 Å². The number of benzene rings is 1. The number of rotatable bonds is 4. The van der Waals surface area contributed by atoms with Crippen molar-refractivity contribution in [3.05, 3.63) is 41.7 Å². The summed E-state index contributed by atoms with van der Waals surface area (Å²) in [6, 6.07) is 11.2. The standard InChI is InChI=1S/C18H25N5O/c1-3-7-15(8-4-1)17(22-11-13-24-14-12-22)18-19-20-21-23(18)16-9-5-2-6-10-16/h1,3-4,7-8,16-17H,2,5-6,9-14H2/t17-/m0/s1. The number of morpholine rings is 1. The summed E-state index contributed by atoms with van der Waals surface area (Å²) >= 11 is 0. The summed E-state index contributed by atoms with van der Waals surface area (Å²) in [4.78, 5) is 2.45. The third-order valence-corrected chi connectivity index (χ3v) is 5.21. The van der Waals surface area contributed by atoms with Gasteiger partial charge < -0.3 is 4.74 Å². The minimum absolute atomic E-state index is 0.104. The largest absolute Gasteiger partial charge is 0.379 e. The molecule has 0 radical (unpaired) electrons. The van der Waals surface area contributed by atoms with Crippen LogP contribution in [0.15, 0.2) is 30.3 Å². The van der Waals surface area contributed by atoms with E-state index in [0.29, 0.717) is 6.04 Å². The van der Waals surface area contributed by atoms with Crippen LogP contribution in [0.25, 0.3) is 0 Å². The lowest BCUT2D eigenvalue weighted by Gasteiger charge is -2.35. The number of hydrogen-bond acceptors (Lipinski definition) is 5. The Morgan fingerprint density at radius 1 is 1.00 bits per heavy atom. The first-order chi connectivity index (χ1) is 11.9. The Morgan fingerprint density at radius 2 is 1.75 bits per heavy atom. The van der Waals surface area contributed by atoms with E-state index >= 15 is 0 Å². The van der Waals surface area contributed by atoms with Gasteiger partial charge in [0.2, 0.25) is 0 Å². The molecule has 0 bridgehead atoms. The topological polar surface area (TPSA) is 56.1 Å². The highest BCUT2D eigenvalue weighted by Gasteiger charge is 2.31. The van der Waals surface area contributed by atoms with Crippen molar-refractivity contribution in [2.45, 2.75) is 44.2 Å². The molecule has 6 nitrogen and oxygen atoms in total. The van der Waals surface area contributed by atoms with Crippen LogP contribution in [0.1, 0.15) is 55.6 Å². The highest BCUT2D eigenvalue weighted by Crippen LogP contribution is 2.33. The maximum Gasteiger partial charge on any atom is 0.173 e. The van der Waals surface area contributed by atoms with E-state index in [2.05, 4.69) is 55.4 Å². The van der Waals surface area contributed by atoms with Gasteiger partial charge in [-0.15, -0.1) is 5.10 Å². The first kappa shape index (κ1) is 15.7. The molecule has 2 fully saturated rings. The van der Waals surface area contributed by atoms with Crippen LogP contribution < -0.4 is 0 Å². The molecule has 1 aromatic heterocycles. The van der Waals surface area contributed by atoms with E-state index in [9.17, 15) is 0 Å². The van der Waals surface area contributed by atoms with Gasteiger partial charge in [-0.1, -0.05) is 49.6 Å². The fourth-order valence-electron chi connectivity index (χ4n) is 3.96. The molecule has 0 N–H and O–H groups in total. The van der Waals surface area contributed by atoms with Crippen LogP contribution in [-0.2, 0) is 4.74 Å². The summed E-state index contributed by atoms with van der Waals surface area (Å²) in [6.45, 7) is 3.37. The SMILES string of the molecule is c1ccc([C@@H](c2nnnn2C2CCCCC2)N2CCOCC2)cc1. The molecule has 4 rings (SSSR count). The monoisotopic (exact) mass is 327 g/mol. The molecule has 128 valence electrons. The second kappa shape index (κ2) is 7.40. The van der Waals surface area contributed by atoms with E-state index < -0.39 is 0 Å². The van der Waals surface area contributed by atoms with Crippen molar-refractivity contribution in [3.8, 4) is 0 Å². The average Bonchev–Trinajstić information content (AvgIpc) is 3.14. The van der Waals surface area contributed by atoms with Gasteiger partial charge in [0.1, 0.15) is 0 Å². The molecular weight excluding hydrogens is 302 g/mol. The summed E-state index contributed by atoms with van der Waals surface area (Å²) in [5.74, 6) is 0.981. The normalized spacial score (nSPS) is 21.7. The van der Waals surface area contributed by atoms with Crippen LogP contribution in [-0.4, -0.2) is 51.4 Å². The molecule has 1 aromatic carbocycles. The van der Waals surface area contributed by atoms with E-state index in [1.165, 1.54) is 37.7 Å². The second-order valence-electron chi connectivity index (χ2n) is 6.74. The van der Waals surface area contributed by atoms with Crippen molar-refractivity contribution in [2.24, 2.45) is 0 Å². The third-order valence-electron chi connectivity index (χ3n) is 5.21. The van der Waals surface area contributed by atoms with Crippen LogP contribution in [0, 0.1) is 0 Å². The van der Waals surface area contributed by atoms with Gasteiger partial charge in [-0.2, -0.15) is 0 Å². The van der Waals surface area contributed by atoms with Gasteiger partial charge >= 0.3 is 0 Å². The van der Waals surface area contributed by atoms with Crippen molar-refractivity contribution < 1.29 is 4.74 Å². The summed E-state index contributed by atoms with van der Waals surface area (Å²) in [6.07, 6.45) is 6.25. The first-order valence-corrected chi connectivity index (χ1v) is 9.08. The van der Waals surface area contributed by atoms with Crippen LogP contribution in [0.3, 0.4) is 0 Å². The zero-order valence-electron chi connectivity index (χ0n) is 14.0. The van der Waals surface area contributed by atoms with Crippen LogP contribution >= 0.6 is 0 Å². The zero-order valence-corrected chi connectivity index (χ0v) is 14.0. The van der Waals surface area contributed by atoms with Crippen LogP contribution in [0.5, 0.6) is 0 Å². The van der Waals surface area contributed by atoms with E-state index in [1.54, 1.807) is 0 Å². The maximum atomic E-state index is 5.55. The number of hydrogen-bond donors (Lipinski definition) is 0. The maximum absolute atomic E-state index is 5.55. The molecule has 1 saturated heterocycles. The van der Waals surface area contributed by atoms with Gasteiger partial charge in [0, 0.05) is 13.1 Å². The molecule has 2 heterocycles. The van der Waals surface area contributed by atoms with Crippen LogP contribution in [0.2, 0.25) is 0 Å². The van der Waals surface area contributed by atoms with Crippen molar-refractivity contribution in [1.82, 2.24) is 25.1 Å². The van der Waals surface area contributed by atoms with Crippen LogP contribution in [0.4, 0.5) is 0 Å². The predicted molar refractivity (Wildman–Crippen MR) is 90.6 cm³/mol. The Balaban J connectivity index is 1.69. The second-order valence-corrected chi connectivity index (χ2v) is 6.74. The fourth-order valence-corrected chi connectivity index (χ4v) is 3.96. The number of nitrogens with zero attached hydrogens (tertiary/aromatic N) is 5. The molecule has 2 aliphatic rings. The average molecular weight is 327 g/mol. The predicted octanol–water partition coefficient (Wildman–Crippen LogP) is 2.60. The molecule has 0 unspecified atom stereocenters. The van der Waals surface area contributed by atoms with E-state index in [-0.39, 0.29) is 6.04 Å². The van der Waals surface area contributed by atoms with E-state index in [0.717, 1.165) is 32.1 Å². The Kier molecular flexibility index (Phi) is 4.85. The molecule has 1 aliphatic heterocycles. The highest BCUT2D eigenvalue weighted by molar-refractivity contribution is 5.25.